The monoisotopic (exact) mass is 382 g/mol. The summed E-state index contributed by atoms with van der Waals surface area (Å²) in [7, 11) is 0. The third-order valence-corrected chi connectivity index (χ3v) is 3.12. The number of nitro benzene ring substituents is 1. The topological polar surface area (TPSA) is 115 Å². The molecule has 0 aliphatic heterocycles. The number of benzene rings is 1. The van der Waals surface area contributed by atoms with E-state index in [2.05, 4.69) is 4.98 Å². The van der Waals surface area contributed by atoms with E-state index in [1.165, 1.54) is 30.5 Å². The Labute approximate surface area is 127 Å². The first-order valence-corrected chi connectivity index (χ1v) is 6.36. The number of hydrogen-bond acceptors (Lipinski definition) is 6. The standard InChI is InChI=1S/C12H7IN4O3/c13-9-3-7(6-14)4-10(17(18)19)12(9)20-8-1-2-16-11(15)5-8/h1-5H,(H2,15,16). The van der Waals surface area contributed by atoms with E-state index in [9.17, 15) is 10.1 Å². The van der Waals surface area contributed by atoms with Crippen molar-refractivity contribution in [1.82, 2.24) is 4.98 Å². The van der Waals surface area contributed by atoms with Crippen LogP contribution < -0.4 is 10.5 Å². The fourth-order valence-corrected chi connectivity index (χ4v) is 2.21. The van der Waals surface area contributed by atoms with Gasteiger partial charge in [0.15, 0.2) is 0 Å². The van der Waals surface area contributed by atoms with Gasteiger partial charge in [-0.05, 0) is 34.7 Å². The highest BCUT2D eigenvalue weighted by atomic mass is 127. The lowest BCUT2D eigenvalue weighted by molar-refractivity contribution is -0.385. The number of aromatic nitrogens is 1. The van der Waals surface area contributed by atoms with Gasteiger partial charge in [0.05, 0.1) is 20.1 Å². The van der Waals surface area contributed by atoms with Crippen LogP contribution in [-0.2, 0) is 0 Å². The van der Waals surface area contributed by atoms with Crippen molar-refractivity contribution in [1.29, 1.82) is 5.26 Å². The van der Waals surface area contributed by atoms with Gasteiger partial charge in [-0.1, -0.05) is 0 Å². The number of nitriles is 1. The molecule has 1 heterocycles. The average Bonchev–Trinajstić information content (AvgIpc) is 2.40. The molecule has 0 unspecified atom stereocenters. The minimum Gasteiger partial charge on any atom is -0.449 e. The van der Waals surface area contributed by atoms with Gasteiger partial charge in [0.2, 0.25) is 5.75 Å². The SMILES string of the molecule is N#Cc1cc(I)c(Oc2ccnc(N)c2)c([N+](=O)[O-])c1. The lowest BCUT2D eigenvalue weighted by Crippen LogP contribution is -1.98. The van der Waals surface area contributed by atoms with Crippen LogP contribution in [0.1, 0.15) is 5.56 Å². The summed E-state index contributed by atoms with van der Waals surface area (Å²) in [5, 5.41) is 19.9. The van der Waals surface area contributed by atoms with Crippen molar-refractivity contribution in [2.24, 2.45) is 0 Å². The van der Waals surface area contributed by atoms with E-state index in [1.807, 2.05) is 28.7 Å². The quantitative estimate of drug-likeness (QED) is 0.496. The van der Waals surface area contributed by atoms with Crippen LogP contribution in [-0.4, -0.2) is 9.91 Å². The maximum absolute atomic E-state index is 11.1. The molecule has 0 fully saturated rings. The minimum absolute atomic E-state index is 0.0696. The van der Waals surface area contributed by atoms with Crippen molar-refractivity contribution >= 4 is 34.1 Å². The molecule has 0 saturated carbocycles. The Morgan fingerprint density at radius 3 is 2.80 bits per heavy atom. The molecule has 0 aliphatic carbocycles. The zero-order valence-electron chi connectivity index (χ0n) is 9.91. The summed E-state index contributed by atoms with van der Waals surface area (Å²) >= 11 is 1.88. The van der Waals surface area contributed by atoms with Crippen LogP contribution in [0.15, 0.2) is 30.5 Å². The number of hydrogen-bond donors (Lipinski definition) is 1. The number of nitrogens with zero attached hydrogens (tertiary/aromatic N) is 3. The summed E-state index contributed by atoms with van der Waals surface area (Å²) in [6.45, 7) is 0. The Morgan fingerprint density at radius 1 is 1.45 bits per heavy atom. The number of nitro groups is 1. The van der Waals surface area contributed by atoms with Crippen molar-refractivity contribution < 1.29 is 9.66 Å². The zero-order chi connectivity index (χ0) is 14.7. The first kappa shape index (κ1) is 14.0. The Bertz CT molecular complexity index is 727. The van der Waals surface area contributed by atoms with Crippen LogP contribution in [0.25, 0.3) is 0 Å². The average molecular weight is 382 g/mol. The van der Waals surface area contributed by atoms with E-state index in [4.69, 9.17) is 15.7 Å². The lowest BCUT2D eigenvalue weighted by atomic mass is 10.2. The molecule has 0 amide bonds. The number of ether oxygens (including phenoxy) is 1. The molecule has 0 aliphatic rings. The summed E-state index contributed by atoms with van der Waals surface area (Å²) in [5.41, 5.74) is 5.45. The van der Waals surface area contributed by atoms with Gasteiger partial charge in [-0.25, -0.2) is 4.98 Å². The van der Waals surface area contributed by atoms with Crippen molar-refractivity contribution in [2.45, 2.75) is 0 Å². The summed E-state index contributed by atoms with van der Waals surface area (Å²) in [6.07, 6.45) is 1.44. The molecule has 20 heavy (non-hydrogen) atoms. The van der Waals surface area contributed by atoms with E-state index < -0.39 is 4.92 Å². The molecule has 0 atom stereocenters. The van der Waals surface area contributed by atoms with Gasteiger partial charge in [-0.15, -0.1) is 0 Å². The molecule has 1 aromatic heterocycles. The van der Waals surface area contributed by atoms with Crippen LogP contribution in [0.4, 0.5) is 11.5 Å². The smallest absolute Gasteiger partial charge is 0.314 e. The van der Waals surface area contributed by atoms with E-state index in [0.717, 1.165) is 0 Å². The number of anilines is 1. The number of halogens is 1. The molecule has 2 aromatic rings. The van der Waals surface area contributed by atoms with E-state index in [0.29, 0.717) is 9.32 Å². The first-order valence-electron chi connectivity index (χ1n) is 5.28. The van der Waals surface area contributed by atoms with Gasteiger partial charge >= 0.3 is 5.69 Å². The van der Waals surface area contributed by atoms with E-state index in [1.54, 1.807) is 0 Å². The van der Waals surface area contributed by atoms with Crippen LogP contribution in [0.5, 0.6) is 11.5 Å². The number of rotatable bonds is 3. The zero-order valence-corrected chi connectivity index (χ0v) is 12.1. The van der Waals surface area contributed by atoms with Gasteiger partial charge in [0, 0.05) is 18.3 Å². The molecular weight excluding hydrogens is 375 g/mol. The summed E-state index contributed by atoms with van der Waals surface area (Å²) in [6, 6.07) is 7.54. The predicted octanol–water partition coefficient (Wildman–Crippen LogP) is 2.84. The van der Waals surface area contributed by atoms with Crippen LogP contribution in [0, 0.1) is 25.0 Å². The van der Waals surface area contributed by atoms with Crippen molar-refractivity contribution in [2.75, 3.05) is 5.73 Å². The fraction of sp³-hybridized carbons (Fsp3) is 0. The van der Waals surface area contributed by atoms with E-state index in [-0.39, 0.29) is 22.8 Å². The highest BCUT2D eigenvalue weighted by molar-refractivity contribution is 14.1. The van der Waals surface area contributed by atoms with Crippen LogP contribution >= 0.6 is 22.6 Å². The van der Waals surface area contributed by atoms with Crippen molar-refractivity contribution in [3.8, 4) is 17.6 Å². The van der Waals surface area contributed by atoms with Gasteiger partial charge in [-0.2, -0.15) is 5.26 Å². The molecule has 1 aromatic carbocycles. The largest absolute Gasteiger partial charge is 0.449 e. The second kappa shape index (κ2) is 5.70. The van der Waals surface area contributed by atoms with Gasteiger partial charge in [-0.3, -0.25) is 10.1 Å². The molecule has 7 nitrogen and oxygen atoms in total. The molecule has 0 bridgehead atoms. The third-order valence-electron chi connectivity index (χ3n) is 2.32. The summed E-state index contributed by atoms with van der Waals surface area (Å²) < 4.78 is 5.97. The number of pyridine rings is 1. The van der Waals surface area contributed by atoms with Crippen molar-refractivity contribution in [3.05, 3.63) is 49.7 Å². The summed E-state index contributed by atoms with van der Waals surface area (Å²) in [5.74, 6) is 0.650. The highest BCUT2D eigenvalue weighted by Gasteiger charge is 2.21. The Balaban J connectivity index is 2.51. The maximum atomic E-state index is 11.1. The molecule has 0 spiro atoms. The third kappa shape index (κ3) is 2.94. The first-order chi connectivity index (χ1) is 9.51. The summed E-state index contributed by atoms with van der Waals surface area (Å²) in [4.78, 5) is 14.3. The number of nitrogen functional groups attached to an aromatic ring is 1. The molecule has 2 N–H and O–H groups in total. The highest BCUT2D eigenvalue weighted by Crippen LogP contribution is 2.36. The Morgan fingerprint density at radius 2 is 2.20 bits per heavy atom. The predicted molar refractivity (Wildman–Crippen MR) is 79.3 cm³/mol. The minimum atomic E-state index is -0.594. The van der Waals surface area contributed by atoms with Gasteiger partial charge in [0.1, 0.15) is 11.6 Å². The Kier molecular flexibility index (Phi) is 3.99. The van der Waals surface area contributed by atoms with Crippen molar-refractivity contribution in [3.63, 3.8) is 0 Å². The second-order valence-corrected chi connectivity index (χ2v) is 4.86. The normalized spacial score (nSPS) is 9.80. The molecule has 0 saturated heterocycles. The second-order valence-electron chi connectivity index (χ2n) is 3.69. The van der Waals surface area contributed by atoms with Gasteiger partial charge < -0.3 is 10.5 Å². The Hall–Kier alpha value is -2.41. The fourth-order valence-electron chi connectivity index (χ4n) is 1.49. The van der Waals surface area contributed by atoms with E-state index >= 15 is 0 Å². The number of nitrogens with two attached hydrogens (primary N) is 1. The van der Waals surface area contributed by atoms with Gasteiger partial charge in [0.25, 0.3) is 0 Å². The lowest BCUT2D eigenvalue weighted by Gasteiger charge is -2.08. The molecule has 100 valence electrons. The maximum Gasteiger partial charge on any atom is 0.314 e. The van der Waals surface area contributed by atoms with Crippen LogP contribution in [0.2, 0.25) is 0 Å². The van der Waals surface area contributed by atoms with Crippen LogP contribution in [0.3, 0.4) is 0 Å². The molecular formula is C12H7IN4O3. The molecule has 2 rings (SSSR count). The molecule has 0 radical (unpaired) electrons. The molecule has 8 heteroatoms.